The fourth-order valence-electron chi connectivity index (χ4n) is 0.931. The number of hydrogen-bond acceptors (Lipinski definition) is 6. The van der Waals surface area contributed by atoms with Crippen LogP contribution in [-0.2, 0) is 7.05 Å². The van der Waals surface area contributed by atoms with Crippen LogP contribution in [0.4, 0.5) is 0 Å². The maximum absolute atomic E-state index is 11.0. The first-order valence-corrected chi connectivity index (χ1v) is 5.48. The Morgan fingerprint density at radius 2 is 2.38 bits per heavy atom. The second kappa shape index (κ2) is 5.48. The highest BCUT2D eigenvalue weighted by Gasteiger charge is 2.06. The van der Waals surface area contributed by atoms with E-state index in [0.29, 0.717) is 17.3 Å². The lowest BCUT2D eigenvalue weighted by molar-refractivity contribution is 0.596. The van der Waals surface area contributed by atoms with Crippen molar-refractivity contribution in [2.75, 3.05) is 5.75 Å². The first kappa shape index (κ1) is 12.5. The van der Waals surface area contributed by atoms with Crippen LogP contribution in [0.2, 0.25) is 0 Å². The Morgan fingerprint density at radius 1 is 1.69 bits per heavy atom. The van der Waals surface area contributed by atoms with Gasteiger partial charge in [-0.25, -0.2) is 0 Å². The third-order valence-corrected chi connectivity index (χ3v) is 2.84. The molecule has 16 heavy (non-hydrogen) atoms. The van der Waals surface area contributed by atoms with Crippen molar-refractivity contribution in [2.45, 2.75) is 17.6 Å². The topological polar surface area (TPSA) is 118 Å². The highest BCUT2D eigenvalue weighted by Crippen LogP contribution is 2.12. The van der Waals surface area contributed by atoms with Crippen molar-refractivity contribution in [1.29, 1.82) is 5.26 Å². The van der Waals surface area contributed by atoms with Gasteiger partial charge in [0.15, 0.2) is 5.16 Å². The zero-order chi connectivity index (χ0) is 12.1. The molecule has 0 saturated carbocycles. The molecular formula is C8H11N5O2S. The molecule has 0 bridgehead atoms. The van der Waals surface area contributed by atoms with Crippen molar-refractivity contribution < 1.29 is 0 Å². The fraction of sp³-hybridized carbons (Fsp3) is 0.500. The van der Waals surface area contributed by atoms with Gasteiger partial charge in [0.25, 0.3) is 0 Å². The second-order valence-corrected chi connectivity index (χ2v) is 4.13. The molecule has 86 valence electrons. The Balaban J connectivity index is 2.69. The van der Waals surface area contributed by atoms with E-state index in [2.05, 4.69) is 10.1 Å². The molecule has 0 spiro atoms. The van der Waals surface area contributed by atoms with Crippen LogP contribution in [0.25, 0.3) is 0 Å². The first-order chi connectivity index (χ1) is 7.54. The van der Waals surface area contributed by atoms with E-state index in [0.717, 1.165) is 0 Å². The Kier molecular flexibility index (Phi) is 4.28. The summed E-state index contributed by atoms with van der Waals surface area (Å²) in [6.07, 6.45) is 0.496. The molecule has 0 aliphatic carbocycles. The molecule has 8 heteroatoms. The molecule has 0 saturated heterocycles. The lowest BCUT2D eigenvalue weighted by Gasteiger charge is -2.05. The van der Waals surface area contributed by atoms with Crippen molar-refractivity contribution >= 4 is 11.8 Å². The molecule has 1 atom stereocenters. The van der Waals surface area contributed by atoms with Crippen molar-refractivity contribution in [1.82, 2.24) is 14.8 Å². The maximum atomic E-state index is 11.0. The average molecular weight is 241 g/mol. The van der Waals surface area contributed by atoms with Crippen molar-refractivity contribution in [2.24, 2.45) is 12.8 Å². The van der Waals surface area contributed by atoms with E-state index in [1.54, 1.807) is 7.05 Å². The number of aromatic nitrogens is 3. The molecular weight excluding hydrogens is 230 g/mol. The minimum absolute atomic E-state index is 0.398. The van der Waals surface area contributed by atoms with E-state index in [1.807, 2.05) is 6.07 Å². The molecule has 0 fully saturated rings. The maximum Gasteiger partial charge on any atom is 0.339 e. The Bertz CT molecular complexity index is 514. The number of H-pyrrole nitrogens is 1. The molecule has 0 aromatic carbocycles. The van der Waals surface area contributed by atoms with E-state index in [1.165, 1.54) is 16.4 Å². The van der Waals surface area contributed by atoms with Crippen molar-refractivity contribution in [3.63, 3.8) is 0 Å². The SMILES string of the molecule is Cn1[nH]c(=O)c(=O)nc1SCCC(N)C#N. The molecule has 0 radical (unpaired) electrons. The van der Waals surface area contributed by atoms with Crippen LogP contribution in [0.3, 0.4) is 0 Å². The minimum Gasteiger partial charge on any atom is -0.316 e. The summed E-state index contributed by atoms with van der Waals surface area (Å²) in [5.41, 5.74) is 3.84. The average Bonchev–Trinajstić information content (AvgIpc) is 2.25. The summed E-state index contributed by atoms with van der Waals surface area (Å²) in [6, 6.07) is 1.38. The Labute approximate surface area is 95.3 Å². The van der Waals surface area contributed by atoms with Crippen LogP contribution in [-0.4, -0.2) is 26.6 Å². The van der Waals surface area contributed by atoms with Gasteiger partial charge in [-0.15, -0.1) is 0 Å². The summed E-state index contributed by atoms with van der Waals surface area (Å²) < 4.78 is 1.37. The van der Waals surface area contributed by atoms with E-state index in [9.17, 15) is 9.59 Å². The first-order valence-electron chi connectivity index (χ1n) is 4.50. The van der Waals surface area contributed by atoms with Gasteiger partial charge in [-0.3, -0.25) is 19.4 Å². The zero-order valence-corrected chi connectivity index (χ0v) is 9.45. The molecule has 0 aliphatic heterocycles. The third kappa shape index (κ3) is 3.22. The van der Waals surface area contributed by atoms with Crippen LogP contribution in [0.15, 0.2) is 14.7 Å². The molecule has 1 aromatic rings. The van der Waals surface area contributed by atoms with Crippen LogP contribution < -0.4 is 16.9 Å². The van der Waals surface area contributed by atoms with E-state index < -0.39 is 17.2 Å². The summed E-state index contributed by atoms with van der Waals surface area (Å²) in [7, 11) is 1.58. The molecule has 0 amide bonds. The lowest BCUT2D eigenvalue weighted by atomic mass is 10.3. The Morgan fingerprint density at radius 3 is 3.00 bits per heavy atom. The molecule has 1 heterocycles. The van der Waals surface area contributed by atoms with E-state index >= 15 is 0 Å². The summed E-state index contributed by atoms with van der Waals surface area (Å²) in [5.74, 6) is 0.557. The predicted molar refractivity (Wildman–Crippen MR) is 59.0 cm³/mol. The van der Waals surface area contributed by atoms with Crippen LogP contribution in [0, 0.1) is 11.3 Å². The highest BCUT2D eigenvalue weighted by atomic mass is 32.2. The number of nitrogens with zero attached hydrogens (tertiary/aromatic N) is 3. The molecule has 3 N–H and O–H groups in total. The molecule has 1 unspecified atom stereocenters. The molecule has 0 aliphatic rings. The van der Waals surface area contributed by atoms with Gasteiger partial charge in [0.1, 0.15) is 0 Å². The number of thioether (sulfide) groups is 1. The van der Waals surface area contributed by atoms with Crippen LogP contribution in [0.5, 0.6) is 0 Å². The zero-order valence-electron chi connectivity index (χ0n) is 8.64. The van der Waals surface area contributed by atoms with Gasteiger partial charge in [0, 0.05) is 12.8 Å². The summed E-state index contributed by atoms with van der Waals surface area (Å²) >= 11 is 1.26. The summed E-state index contributed by atoms with van der Waals surface area (Å²) in [4.78, 5) is 25.5. The molecule has 7 nitrogen and oxygen atoms in total. The normalized spacial score (nSPS) is 12.1. The number of nitrogens with two attached hydrogens (primary N) is 1. The Hall–Kier alpha value is -1.59. The number of aryl methyl sites for hydroxylation is 1. The van der Waals surface area contributed by atoms with Crippen LogP contribution in [0.1, 0.15) is 6.42 Å². The highest BCUT2D eigenvalue weighted by molar-refractivity contribution is 7.99. The predicted octanol–water partition coefficient (Wildman–Crippen LogP) is -1.20. The van der Waals surface area contributed by atoms with Crippen molar-refractivity contribution in [3.05, 3.63) is 20.7 Å². The summed E-state index contributed by atoms with van der Waals surface area (Å²) in [5, 5.41) is 11.2. The summed E-state index contributed by atoms with van der Waals surface area (Å²) in [6.45, 7) is 0. The van der Waals surface area contributed by atoms with Gasteiger partial charge in [-0.05, 0) is 6.42 Å². The van der Waals surface area contributed by atoms with Gasteiger partial charge in [-0.1, -0.05) is 11.8 Å². The van der Waals surface area contributed by atoms with Gasteiger partial charge in [0.05, 0.1) is 12.1 Å². The third-order valence-electron chi connectivity index (χ3n) is 1.77. The monoisotopic (exact) mass is 241 g/mol. The number of hydrogen-bond donors (Lipinski definition) is 2. The standard InChI is InChI=1S/C8H11N5O2S/c1-13-8(11-6(14)7(15)12-13)16-3-2-5(10)4-9/h5H,2-3,10H2,1H3,(H,12,15). The quantitative estimate of drug-likeness (QED) is 0.505. The van der Waals surface area contributed by atoms with Crippen molar-refractivity contribution in [3.8, 4) is 6.07 Å². The molecule has 1 rings (SSSR count). The van der Waals surface area contributed by atoms with E-state index in [4.69, 9.17) is 11.0 Å². The number of rotatable bonds is 4. The fourth-order valence-corrected chi connectivity index (χ4v) is 1.87. The van der Waals surface area contributed by atoms with Gasteiger partial charge < -0.3 is 5.73 Å². The molecule has 1 aromatic heterocycles. The van der Waals surface area contributed by atoms with Gasteiger partial charge >= 0.3 is 11.1 Å². The second-order valence-electron chi connectivity index (χ2n) is 3.07. The number of nitrogens with one attached hydrogen (secondary N) is 1. The number of nitriles is 1. The van der Waals surface area contributed by atoms with E-state index in [-0.39, 0.29) is 0 Å². The smallest absolute Gasteiger partial charge is 0.316 e. The van der Waals surface area contributed by atoms with Gasteiger partial charge in [-0.2, -0.15) is 10.2 Å². The van der Waals surface area contributed by atoms with Crippen LogP contribution >= 0.6 is 11.8 Å². The lowest BCUT2D eigenvalue weighted by Crippen LogP contribution is -2.33. The largest absolute Gasteiger partial charge is 0.339 e. The minimum atomic E-state index is -0.815. The van der Waals surface area contributed by atoms with Gasteiger partial charge in [0.2, 0.25) is 0 Å². The number of aromatic amines is 1.